The summed E-state index contributed by atoms with van der Waals surface area (Å²) in [6.07, 6.45) is 9.47. The second kappa shape index (κ2) is 6.13. The summed E-state index contributed by atoms with van der Waals surface area (Å²) in [5.41, 5.74) is 7.18. The van der Waals surface area contributed by atoms with E-state index in [-0.39, 0.29) is 5.91 Å². The van der Waals surface area contributed by atoms with Crippen LogP contribution in [0.5, 0.6) is 0 Å². The van der Waals surface area contributed by atoms with Crippen molar-refractivity contribution in [3.05, 3.63) is 36.3 Å². The van der Waals surface area contributed by atoms with Crippen LogP contribution in [0, 0.1) is 5.92 Å². The van der Waals surface area contributed by atoms with Crippen molar-refractivity contribution in [3.63, 3.8) is 0 Å². The number of aryl methyl sites for hydroxylation is 1. The first-order valence-corrected chi connectivity index (χ1v) is 7.46. The molecular weight excluding hydrogens is 280 g/mol. The number of carbonyl (C=O) groups is 1. The highest BCUT2D eigenvalue weighted by molar-refractivity contribution is 5.92. The Balaban J connectivity index is 1.67. The van der Waals surface area contributed by atoms with Gasteiger partial charge in [0, 0.05) is 38.7 Å². The summed E-state index contributed by atoms with van der Waals surface area (Å²) >= 11 is 0. The molecular formula is C15H20N6O. The Morgan fingerprint density at radius 2 is 2.18 bits per heavy atom. The van der Waals surface area contributed by atoms with Gasteiger partial charge >= 0.3 is 0 Å². The third kappa shape index (κ3) is 3.08. The van der Waals surface area contributed by atoms with Crippen molar-refractivity contribution in [1.82, 2.24) is 24.4 Å². The Labute approximate surface area is 129 Å². The van der Waals surface area contributed by atoms with Gasteiger partial charge in [-0.2, -0.15) is 0 Å². The highest BCUT2D eigenvalue weighted by Gasteiger charge is 2.26. The van der Waals surface area contributed by atoms with Crippen LogP contribution in [-0.2, 0) is 13.5 Å². The molecule has 7 heteroatoms. The van der Waals surface area contributed by atoms with Crippen LogP contribution in [0.25, 0.3) is 0 Å². The fourth-order valence-electron chi connectivity index (χ4n) is 2.91. The highest BCUT2D eigenvalue weighted by Crippen LogP contribution is 2.22. The van der Waals surface area contributed by atoms with Gasteiger partial charge in [-0.15, -0.1) is 0 Å². The maximum Gasteiger partial charge on any atom is 0.274 e. The van der Waals surface area contributed by atoms with Crippen LogP contribution in [0.2, 0.25) is 0 Å². The van der Waals surface area contributed by atoms with Crippen LogP contribution < -0.4 is 5.73 Å². The Morgan fingerprint density at radius 3 is 2.91 bits per heavy atom. The molecule has 1 atom stereocenters. The van der Waals surface area contributed by atoms with E-state index in [1.165, 1.54) is 0 Å². The van der Waals surface area contributed by atoms with E-state index >= 15 is 0 Å². The number of imidazole rings is 1. The third-order valence-electron chi connectivity index (χ3n) is 4.02. The van der Waals surface area contributed by atoms with E-state index in [4.69, 9.17) is 5.73 Å². The third-order valence-corrected chi connectivity index (χ3v) is 4.02. The van der Waals surface area contributed by atoms with Crippen molar-refractivity contribution in [3.8, 4) is 0 Å². The molecule has 3 heterocycles. The van der Waals surface area contributed by atoms with Crippen molar-refractivity contribution in [1.29, 1.82) is 0 Å². The van der Waals surface area contributed by atoms with Gasteiger partial charge in [0.05, 0.1) is 12.0 Å². The van der Waals surface area contributed by atoms with Gasteiger partial charge in [0.25, 0.3) is 5.91 Å². The summed E-state index contributed by atoms with van der Waals surface area (Å²) in [4.78, 5) is 26.9. The number of amides is 1. The molecule has 1 aliphatic rings. The van der Waals surface area contributed by atoms with Crippen molar-refractivity contribution in [2.24, 2.45) is 13.0 Å². The molecule has 1 fully saturated rings. The van der Waals surface area contributed by atoms with E-state index in [2.05, 4.69) is 15.0 Å². The average molecular weight is 300 g/mol. The molecule has 2 aromatic heterocycles. The molecule has 0 spiro atoms. The number of rotatable bonds is 3. The molecule has 0 radical (unpaired) electrons. The fourth-order valence-corrected chi connectivity index (χ4v) is 2.91. The predicted octanol–water partition coefficient (Wildman–Crippen LogP) is 0.887. The van der Waals surface area contributed by atoms with Crippen molar-refractivity contribution in [2.45, 2.75) is 19.3 Å². The SMILES string of the molecule is Cn1cnc(C(=O)N2CCC[C@@H](Cc3nccnc3N)C2)c1. The number of carbonyl (C=O) groups excluding carboxylic acids is 1. The Hall–Kier alpha value is -2.44. The normalized spacial score (nSPS) is 18.4. The molecule has 1 aliphatic heterocycles. The standard InChI is InChI=1S/C15H20N6O/c1-20-9-13(19-10-20)15(22)21-6-2-3-11(8-21)7-12-14(16)18-5-4-17-12/h4-5,9-11H,2-3,6-8H2,1H3,(H2,16,18)/t11-/m0/s1. The predicted molar refractivity (Wildman–Crippen MR) is 82.0 cm³/mol. The molecule has 2 N–H and O–H groups in total. The van der Waals surface area contributed by atoms with Crippen molar-refractivity contribution in [2.75, 3.05) is 18.8 Å². The Bertz CT molecular complexity index is 668. The zero-order valence-electron chi connectivity index (χ0n) is 12.6. The molecule has 0 aromatic carbocycles. The molecule has 1 amide bonds. The summed E-state index contributed by atoms with van der Waals surface area (Å²) in [5.74, 6) is 0.841. The van der Waals surface area contributed by atoms with Crippen LogP contribution >= 0.6 is 0 Å². The fraction of sp³-hybridized carbons (Fsp3) is 0.467. The van der Waals surface area contributed by atoms with Crippen LogP contribution in [0.1, 0.15) is 29.0 Å². The molecule has 7 nitrogen and oxygen atoms in total. The highest BCUT2D eigenvalue weighted by atomic mass is 16.2. The lowest BCUT2D eigenvalue weighted by atomic mass is 9.93. The second-order valence-electron chi connectivity index (χ2n) is 5.78. The largest absolute Gasteiger partial charge is 0.382 e. The van der Waals surface area contributed by atoms with Gasteiger partial charge in [0.1, 0.15) is 11.5 Å². The minimum absolute atomic E-state index is 0.00239. The number of anilines is 1. The number of hydrogen-bond donors (Lipinski definition) is 1. The summed E-state index contributed by atoms with van der Waals surface area (Å²) in [7, 11) is 1.86. The molecule has 0 aliphatic carbocycles. The average Bonchev–Trinajstić information content (AvgIpc) is 2.96. The number of nitrogen functional groups attached to an aromatic ring is 1. The van der Waals surface area contributed by atoms with E-state index in [1.54, 1.807) is 29.5 Å². The Kier molecular flexibility index (Phi) is 4.04. The smallest absolute Gasteiger partial charge is 0.274 e. The molecule has 0 bridgehead atoms. The van der Waals surface area contributed by atoms with Crippen molar-refractivity contribution < 1.29 is 4.79 Å². The van der Waals surface area contributed by atoms with E-state index in [0.717, 1.165) is 31.5 Å². The molecule has 22 heavy (non-hydrogen) atoms. The zero-order valence-corrected chi connectivity index (χ0v) is 12.6. The molecule has 3 rings (SSSR count). The molecule has 1 saturated heterocycles. The maximum absolute atomic E-state index is 12.5. The van der Waals surface area contributed by atoms with Gasteiger partial charge in [0.15, 0.2) is 0 Å². The first kappa shape index (κ1) is 14.5. The van der Waals surface area contributed by atoms with Gasteiger partial charge < -0.3 is 15.2 Å². The van der Waals surface area contributed by atoms with Crippen LogP contribution in [0.3, 0.4) is 0 Å². The maximum atomic E-state index is 12.5. The number of hydrogen-bond acceptors (Lipinski definition) is 5. The summed E-state index contributed by atoms with van der Waals surface area (Å²) < 4.78 is 1.79. The number of nitrogens with zero attached hydrogens (tertiary/aromatic N) is 5. The topological polar surface area (TPSA) is 89.9 Å². The number of nitrogens with two attached hydrogens (primary N) is 1. The number of piperidine rings is 1. The molecule has 116 valence electrons. The van der Waals surface area contributed by atoms with Crippen LogP contribution in [-0.4, -0.2) is 43.4 Å². The monoisotopic (exact) mass is 300 g/mol. The quantitative estimate of drug-likeness (QED) is 0.909. The number of aromatic nitrogens is 4. The van der Waals surface area contributed by atoms with Gasteiger partial charge in [-0.3, -0.25) is 9.78 Å². The minimum atomic E-state index is -0.00239. The summed E-state index contributed by atoms with van der Waals surface area (Å²) in [6.45, 7) is 1.49. The lowest BCUT2D eigenvalue weighted by molar-refractivity contribution is 0.0667. The van der Waals surface area contributed by atoms with E-state index in [1.807, 2.05) is 11.9 Å². The Morgan fingerprint density at radius 1 is 1.36 bits per heavy atom. The number of likely N-dealkylation sites (tertiary alicyclic amines) is 1. The van der Waals surface area contributed by atoms with Gasteiger partial charge in [-0.25, -0.2) is 9.97 Å². The zero-order chi connectivity index (χ0) is 15.5. The first-order chi connectivity index (χ1) is 10.6. The lowest BCUT2D eigenvalue weighted by Crippen LogP contribution is -2.40. The van der Waals surface area contributed by atoms with Crippen LogP contribution in [0.15, 0.2) is 24.9 Å². The summed E-state index contributed by atoms with van der Waals surface area (Å²) in [5, 5.41) is 0. The van der Waals surface area contributed by atoms with Gasteiger partial charge in [-0.05, 0) is 25.2 Å². The minimum Gasteiger partial charge on any atom is -0.382 e. The first-order valence-electron chi connectivity index (χ1n) is 7.46. The van der Waals surface area contributed by atoms with Gasteiger partial charge in [0.2, 0.25) is 0 Å². The van der Waals surface area contributed by atoms with E-state index in [0.29, 0.717) is 24.0 Å². The molecule has 0 unspecified atom stereocenters. The molecule has 2 aromatic rings. The molecule has 0 saturated carbocycles. The van der Waals surface area contributed by atoms with E-state index < -0.39 is 0 Å². The van der Waals surface area contributed by atoms with Crippen molar-refractivity contribution >= 4 is 11.7 Å². The van der Waals surface area contributed by atoms with Gasteiger partial charge in [-0.1, -0.05) is 0 Å². The summed E-state index contributed by atoms with van der Waals surface area (Å²) in [6, 6.07) is 0. The van der Waals surface area contributed by atoms with Crippen LogP contribution in [0.4, 0.5) is 5.82 Å². The second-order valence-corrected chi connectivity index (χ2v) is 5.78. The lowest BCUT2D eigenvalue weighted by Gasteiger charge is -2.32. The van der Waals surface area contributed by atoms with E-state index in [9.17, 15) is 4.79 Å².